The first kappa shape index (κ1) is 17.1. The lowest BCUT2D eigenvalue weighted by Gasteiger charge is -2.17. The Morgan fingerprint density at radius 1 is 1.12 bits per heavy atom. The third kappa shape index (κ3) is 2.88. The second-order valence-corrected chi connectivity index (χ2v) is 7.35. The molecule has 0 saturated heterocycles. The number of amides is 1. The van der Waals surface area contributed by atoms with Crippen molar-refractivity contribution in [3.8, 4) is 0 Å². The maximum absolute atomic E-state index is 12.8. The first-order valence-corrected chi connectivity index (χ1v) is 8.01. The highest BCUT2D eigenvalue weighted by Crippen LogP contribution is 2.25. The number of hydrogen-bond donors (Lipinski definition) is 0. The van der Waals surface area contributed by atoms with E-state index < -0.39 is 11.2 Å². The zero-order valence-electron chi connectivity index (χ0n) is 15.0. The Hall–Kier alpha value is -2.77. The van der Waals surface area contributed by atoms with Gasteiger partial charge in [-0.3, -0.25) is 18.7 Å². The lowest BCUT2D eigenvalue weighted by Crippen LogP contribution is -2.41. The molecule has 25 heavy (non-hydrogen) atoms. The van der Waals surface area contributed by atoms with E-state index in [1.54, 1.807) is 11.1 Å². The standard InChI is InChI=1S/C17H21N5O3/c1-17(2,3)15-18-7-10-8-22(9-11(10)19-15)14(24)12-6-13(23)21(5)16(25)20(12)4/h6-7H,8-9H2,1-5H3. The highest BCUT2D eigenvalue weighted by molar-refractivity contribution is 5.92. The van der Waals surface area contributed by atoms with Crippen LogP contribution in [0, 0.1) is 0 Å². The van der Waals surface area contributed by atoms with E-state index in [-0.39, 0.29) is 17.0 Å². The van der Waals surface area contributed by atoms with Crippen LogP contribution in [0.4, 0.5) is 0 Å². The van der Waals surface area contributed by atoms with E-state index in [1.165, 1.54) is 24.7 Å². The number of fused-ring (bicyclic) bond motifs is 1. The molecular formula is C17H21N5O3. The zero-order valence-corrected chi connectivity index (χ0v) is 15.0. The number of hydrogen-bond acceptors (Lipinski definition) is 5. The van der Waals surface area contributed by atoms with Gasteiger partial charge in [0, 0.05) is 43.9 Å². The molecule has 1 aliphatic heterocycles. The number of nitrogens with zero attached hydrogens (tertiary/aromatic N) is 5. The van der Waals surface area contributed by atoms with Crippen LogP contribution < -0.4 is 11.2 Å². The van der Waals surface area contributed by atoms with Gasteiger partial charge >= 0.3 is 5.69 Å². The molecule has 1 amide bonds. The van der Waals surface area contributed by atoms with Gasteiger partial charge in [-0.15, -0.1) is 0 Å². The molecule has 3 heterocycles. The van der Waals surface area contributed by atoms with Crippen LogP contribution in [0.15, 0.2) is 21.9 Å². The van der Waals surface area contributed by atoms with Crippen LogP contribution in [0.5, 0.6) is 0 Å². The summed E-state index contributed by atoms with van der Waals surface area (Å²) in [6.07, 6.45) is 1.75. The summed E-state index contributed by atoms with van der Waals surface area (Å²) in [4.78, 5) is 47.2. The second-order valence-electron chi connectivity index (χ2n) is 7.35. The van der Waals surface area contributed by atoms with Crippen molar-refractivity contribution in [1.29, 1.82) is 0 Å². The minimum Gasteiger partial charge on any atom is -0.327 e. The van der Waals surface area contributed by atoms with Crippen LogP contribution in [0.2, 0.25) is 0 Å². The summed E-state index contributed by atoms with van der Waals surface area (Å²) in [5.41, 5.74) is 0.560. The quantitative estimate of drug-likeness (QED) is 0.744. The van der Waals surface area contributed by atoms with Crippen molar-refractivity contribution in [2.75, 3.05) is 0 Å². The van der Waals surface area contributed by atoms with E-state index in [4.69, 9.17) is 0 Å². The van der Waals surface area contributed by atoms with Crippen molar-refractivity contribution < 1.29 is 4.79 Å². The molecule has 1 aliphatic rings. The van der Waals surface area contributed by atoms with Gasteiger partial charge in [-0.05, 0) is 0 Å². The predicted octanol–water partition coefficient (Wildman–Crippen LogP) is 0.327. The highest BCUT2D eigenvalue weighted by atomic mass is 16.2. The third-order valence-electron chi connectivity index (χ3n) is 4.36. The molecule has 0 aromatic carbocycles. The average molecular weight is 343 g/mol. The molecule has 0 bridgehead atoms. The average Bonchev–Trinajstić information content (AvgIpc) is 2.98. The molecular weight excluding hydrogens is 322 g/mol. The molecule has 0 fully saturated rings. The van der Waals surface area contributed by atoms with Crippen molar-refractivity contribution >= 4 is 5.91 Å². The van der Waals surface area contributed by atoms with Crippen molar-refractivity contribution in [2.45, 2.75) is 39.3 Å². The zero-order chi connectivity index (χ0) is 18.5. The molecule has 0 saturated carbocycles. The van der Waals surface area contributed by atoms with Gasteiger partial charge in [0.25, 0.3) is 11.5 Å². The van der Waals surface area contributed by atoms with Crippen molar-refractivity contribution in [1.82, 2.24) is 24.0 Å². The Morgan fingerprint density at radius 3 is 2.44 bits per heavy atom. The van der Waals surface area contributed by atoms with Gasteiger partial charge in [0.2, 0.25) is 0 Å². The lowest BCUT2D eigenvalue weighted by molar-refractivity contribution is 0.0738. The number of rotatable bonds is 1. The van der Waals surface area contributed by atoms with Gasteiger partial charge in [-0.2, -0.15) is 0 Å². The van der Waals surface area contributed by atoms with E-state index >= 15 is 0 Å². The molecule has 132 valence electrons. The van der Waals surface area contributed by atoms with Crippen molar-refractivity contribution in [2.24, 2.45) is 14.1 Å². The monoisotopic (exact) mass is 343 g/mol. The Labute approximate surface area is 144 Å². The van der Waals surface area contributed by atoms with Gasteiger partial charge in [0.1, 0.15) is 11.5 Å². The smallest absolute Gasteiger partial charge is 0.327 e. The maximum Gasteiger partial charge on any atom is 0.331 e. The number of carbonyl (C=O) groups is 1. The van der Waals surface area contributed by atoms with Crippen LogP contribution >= 0.6 is 0 Å². The Kier molecular flexibility index (Phi) is 3.85. The van der Waals surface area contributed by atoms with Gasteiger partial charge < -0.3 is 4.90 Å². The van der Waals surface area contributed by atoms with Gasteiger partial charge in [-0.25, -0.2) is 14.8 Å². The molecule has 0 spiro atoms. The van der Waals surface area contributed by atoms with Gasteiger partial charge in [-0.1, -0.05) is 20.8 Å². The van der Waals surface area contributed by atoms with Crippen LogP contribution in [0.3, 0.4) is 0 Å². The first-order valence-electron chi connectivity index (χ1n) is 8.01. The summed E-state index contributed by atoms with van der Waals surface area (Å²) in [5, 5.41) is 0. The molecule has 0 radical (unpaired) electrons. The summed E-state index contributed by atoms with van der Waals surface area (Å²) < 4.78 is 2.16. The minimum absolute atomic E-state index is 0.0740. The highest BCUT2D eigenvalue weighted by Gasteiger charge is 2.29. The topological polar surface area (TPSA) is 90.1 Å². The number of aromatic nitrogens is 4. The summed E-state index contributed by atoms with van der Waals surface area (Å²) in [5.74, 6) is 0.356. The lowest BCUT2D eigenvalue weighted by atomic mass is 9.95. The molecule has 0 N–H and O–H groups in total. The van der Waals surface area contributed by atoms with Gasteiger partial charge in [0.05, 0.1) is 12.2 Å². The summed E-state index contributed by atoms with van der Waals surface area (Å²) >= 11 is 0. The maximum atomic E-state index is 12.8. The third-order valence-corrected chi connectivity index (χ3v) is 4.36. The summed E-state index contributed by atoms with van der Waals surface area (Å²) in [6, 6.07) is 1.19. The Bertz CT molecular complexity index is 981. The fraction of sp³-hybridized carbons (Fsp3) is 0.471. The summed E-state index contributed by atoms with van der Waals surface area (Å²) in [6.45, 7) is 6.79. The van der Waals surface area contributed by atoms with Crippen molar-refractivity contribution in [3.63, 3.8) is 0 Å². The SMILES string of the molecule is Cn1c(C(=O)N2Cc3cnc(C(C)(C)C)nc3C2)cc(=O)n(C)c1=O. The fourth-order valence-electron chi connectivity index (χ4n) is 2.76. The molecule has 0 unspecified atom stereocenters. The number of carbonyl (C=O) groups excluding carboxylic acids is 1. The molecule has 2 aromatic rings. The van der Waals surface area contributed by atoms with E-state index in [0.717, 1.165) is 21.6 Å². The van der Waals surface area contributed by atoms with Crippen LogP contribution in [0.1, 0.15) is 48.3 Å². The molecule has 0 aliphatic carbocycles. The van der Waals surface area contributed by atoms with E-state index in [1.807, 2.05) is 20.8 Å². The molecule has 8 nitrogen and oxygen atoms in total. The van der Waals surface area contributed by atoms with E-state index in [0.29, 0.717) is 13.1 Å². The molecule has 2 aromatic heterocycles. The van der Waals surface area contributed by atoms with E-state index in [2.05, 4.69) is 9.97 Å². The fourth-order valence-corrected chi connectivity index (χ4v) is 2.76. The van der Waals surface area contributed by atoms with E-state index in [9.17, 15) is 14.4 Å². The normalized spacial score (nSPS) is 13.9. The van der Waals surface area contributed by atoms with Crippen molar-refractivity contribution in [3.05, 3.63) is 55.9 Å². The minimum atomic E-state index is -0.526. The second kappa shape index (κ2) is 5.65. The summed E-state index contributed by atoms with van der Waals surface area (Å²) in [7, 11) is 2.87. The largest absolute Gasteiger partial charge is 0.331 e. The Balaban J connectivity index is 1.94. The molecule has 0 atom stereocenters. The predicted molar refractivity (Wildman–Crippen MR) is 91.2 cm³/mol. The van der Waals surface area contributed by atoms with Gasteiger partial charge in [0.15, 0.2) is 0 Å². The van der Waals surface area contributed by atoms with Crippen LogP contribution in [-0.4, -0.2) is 29.9 Å². The Morgan fingerprint density at radius 2 is 1.80 bits per heavy atom. The van der Waals surface area contributed by atoms with Crippen LogP contribution in [0.25, 0.3) is 0 Å². The van der Waals surface area contributed by atoms with Crippen LogP contribution in [-0.2, 0) is 32.6 Å². The molecule has 3 rings (SSSR count). The first-order chi connectivity index (χ1) is 11.6. The molecule has 8 heteroatoms.